The number of nitrogens with zero attached hydrogens (tertiary/aromatic N) is 3. The first-order valence-corrected chi connectivity index (χ1v) is 7.22. The van der Waals surface area contributed by atoms with Crippen LogP contribution in [-0.2, 0) is 6.54 Å². The van der Waals surface area contributed by atoms with E-state index in [1.807, 2.05) is 43.5 Å². The molecule has 0 bridgehead atoms. The normalized spacial score (nSPS) is 12.4. The summed E-state index contributed by atoms with van der Waals surface area (Å²) in [5, 5.41) is 0. The highest BCUT2D eigenvalue weighted by Crippen LogP contribution is 2.25. The Morgan fingerprint density at radius 2 is 2.10 bits per heavy atom. The van der Waals surface area contributed by atoms with Gasteiger partial charge in [-0.2, -0.15) is 0 Å². The molecule has 1 atom stereocenters. The number of thiocarbonyl (C=S) groups is 1. The molecule has 3 aromatic rings. The predicted octanol–water partition coefficient (Wildman–Crippen LogP) is 3.02. The summed E-state index contributed by atoms with van der Waals surface area (Å²) >= 11 is 5.11. The summed E-state index contributed by atoms with van der Waals surface area (Å²) in [6, 6.07) is 12.0. The maximum Gasteiger partial charge on any atom is 0.142 e. The highest BCUT2D eigenvalue weighted by atomic mass is 32.1. The van der Waals surface area contributed by atoms with E-state index in [1.54, 1.807) is 6.20 Å². The van der Waals surface area contributed by atoms with Crippen LogP contribution in [0.25, 0.3) is 22.4 Å². The van der Waals surface area contributed by atoms with Crippen molar-refractivity contribution in [2.24, 2.45) is 11.7 Å². The molecule has 0 aliphatic carbocycles. The van der Waals surface area contributed by atoms with Gasteiger partial charge in [0.1, 0.15) is 5.82 Å². The Balaban J connectivity index is 2.17. The second-order valence-corrected chi connectivity index (χ2v) is 5.55. The first-order valence-electron chi connectivity index (χ1n) is 6.82. The average Bonchev–Trinajstić information content (AvgIpc) is 2.87. The largest absolute Gasteiger partial charge is 0.393 e. The number of benzene rings is 1. The molecular weight excluding hydrogens is 280 g/mol. The van der Waals surface area contributed by atoms with Crippen LogP contribution >= 0.6 is 12.2 Å². The SMILES string of the molecule is CC(Cn1c(-c2cccnc2)nc2ccccc21)C(N)=S. The van der Waals surface area contributed by atoms with Crippen molar-refractivity contribution in [2.45, 2.75) is 13.5 Å². The molecular formula is C16H16N4S. The molecule has 4 nitrogen and oxygen atoms in total. The van der Waals surface area contributed by atoms with Gasteiger partial charge in [-0.3, -0.25) is 4.98 Å². The molecule has 0 saturated heterocycles. The maximum absolute atomic E-state index is 5.77. The number of imidazole rings is 1. The molecule has 2 heterocycles. The van der Waals surface area contributed by atoms with Crippen LogP contribution in [-0.4, -0.2) is 19.5 Å². The third-order valence-corrected chi connectivity index (χ3v) is 3.92. The summed E-state index contributed by atoms with van der Waals surface area (Å²) in [4.78, 5) is 9.44. The summed E-state index contributed by atoms with van der Waals surface area (Å²) in [5.41, 5.74) is 8.81. The number of fused-ring (bicyclic) bond motifs is 1. The van der Waals surface area contributed by atoms with E-state index in [1.165, 1.54) is 0 Å². The lowest BCUT2D eigenvalue weighted by atomic mass is 10.1. The van der Waals surface area contributed by atoms with Crippen molar-refractivity contribution in [3.05, 3.63) is 48.8 Å². The van der Waals surface area contributed by atoms with Gasteiger partial charge in [-0.25, -0.2) is 4.98 Å². The minimum Gasteiger partial charge on any atom is -0.393 e. The van der Waals surface area contributed by atoms with Crippen LogP contribution in [0.15, 0.2) is 48.8 Å². The van der Waals surface area contributed by atoms with Gasteiger partial charge in [-0.1, -0.05) is 31.3 Å². The third kappa shape index (κ3) is 2.64. The molecule has 0 aliphatic heterocycles. The summed E-state index contributed by atoms with van der Waals surface area (Å²) in [6.45, 7) is 2.74. The van der Waals surface area contributed by atoms with Gasteiger partial charge in [-0.15, -0.1) is 0 Å². The van der Waals surface area contributed by atoms with Gasteiger partial charge in [-0.05, 0) is 24.3 Å². The lowest BCUT2D eigenvalue weighted by Gasteiger charge is -2.14. The second-order valence-electron chi connectivity index (χ2n) is 5.08. The van der Waals surface area contributed by atoms with Crippen LogP contribution in [0.2, 0.25) is 0 Å². The first-order chi connectivity index (χ1) is 10.2. The Labute approximate surface area is 128 Å². The molecule has 1 unspecified atom stereocenters. The zero-order valence-corrected chi connectivity index (χ0v) is 12.5. The predicted molar refractivity (Wildman–Crippen MR) is 88.9 cm³/mol. The number of rotatable bonds is 4. The Bertz CT molecular complexity index is 779. The fraction of sp³-hybridized carbons (Fsp3) is 0.188. The van der Waals surface area contributed by atoms with Gasteiger partial charge < -0.3 is 10.3 Å². The average molecular weight is 296 g/mol. The summed E-state index contributed by atoms with van der Waals surface area (Å²) in [6.07, 6.45) is 3.58. The Hall–Kier alpha value is -2.27. The van der Waals surface area contributed by atoms with Crippen molar-refractivity contribution < 1.29 is 0 Å². The minimum atomic E-state index is 0.105. The van der Waals surface area contributed by atoms with Crippen molar-refractivity contribution in [2.75, 3.05) is 0 Å². The van der Waals surface area contributed by atoms with E-state index in [9.17, 15) is 0 Å². The smallest absolute Gasteiger partial charge is 0.142 e. The van der Waals surface area contributed by atoms with Crippen molar-refractivity contribution in [3.63, 3.8) is 0 Å². The Morgan fingerprint density at radius 1 is 1.29 bits per heavy atom. The number of hydrogen-bond donors (Lipinski definition) is 1. The molecule has 0 saturated carbocycles. The number of hydrogen-bond acceptors (Lipinski definition) is 3. The van der Waals surface area contributed by atoms with Crippen LogP contribution < -0.4 is 5.73 Å². The van der Waals surface area contributed by atoms with E-state index in [-0.39, 0.29) is 5.92 Å². The van der Waals surface area contributed by atoms with Crippen molar-refractivity contribution in [1.29, 1.82) is 0 Å². The van der Waals surface area contributed by atoms with Crippen molar-refractivity contribution in [3.8, 4) is 11.4 Å². The first kappa shape index (κ1) is 13.7. The zero-order valence-electron chi connectivity index (χ0n) is 11.7. The van der Waals surface area contributed by atoms with E-state index >= 15 is 0 Å². The second kappa shape index (κ2) is 5.61. The molecule has 5 heteroatoms. The van der Waals surface area contributed by atoms with Crippen molar-refractivity contribution in [1.82, 2.24) is 14.5 Å². The highest BCUT2D eigenvalue weighted by Gasteiger charge is 2.15. The molecule has 0 radical (unpaired) electrons. The summed E-state index contributed by atoms with van der Waals surface area (Å²) in [5.74, 6) is 1.00. The summed E-state index contributed by atoms with van der Waals surface area (Å²) < 4.78 is 2.16. The van der Waals surface area contributed by atoms with E-state index in [2.05, 4.69) is 15.6 Å². The highest BCUT2D eigenvalue weighted by molar-refractivity contribution is 7.80. The van der Waals surface area contributed by atoms with Gasteiger partial charge >= 0.3 is 0 Å². The van der Waals surface area contributed by atoms with Crippen molar-refractivity contribution >= 4 is 28.2 Å². The molecule has 0 amide bonds. The topological polar surface area (TPSA) is 56.7 Å². The van der Waals surface area contributed by atoms with Crippen LogP contribution in [0.3, 0.4) is 0 Å². The monoisotopic (exact) mass is 296 g/mol. The van der Waals surface area contributed by atoms with E-state index < -0.39 is 0 Å². The number of nitrogens with two attached hydrogens (primary N) is 1. The molecule has 106 valence electrons. The molecule has 2 N–H and O–H groups in total. The van der Waals surface area contributed by atoms with Gasteiger partial charge in [0.25, 0.3) is 0 Å². The molecule has 21 heavy (non-hydrogen) atoms. The maximum atomic E-state index is 5.77. The summed E-state index contributed by atoms with van der Waals surface area (Å²) in [7, 11) is 0. The quantitative estimate of drug-likeness (QED) is 0.752. The lowest BCUT2D eigenvalue weighted by Crippen LogP contribution is -2.23. The van der Waals surface area contributed by atoms with Gasteiger partial charge in [0, 0.05) is 30.4 Å². The molecule has 2 aromatic heterocycles. The third-order valence-electron chi connectivity index (χ3n) is 3.52. The number of pyridine rings is 1. The molecule has 3 rings (SSSR count). The van der Waals surface area contributed by atoms with Crippen LogP contribution in [0.5, 0.6) is 0 Å². The minimum absolute atomic E-state index is 0.105. The van der Waals surface area contributed by atoms with Gasteiger partial charge in [0.05, 0.1) is 16.0 Å². The molecule has 0 aliphatic rings. The van der Waals surface area contributed by atoms with Crippen LogP contribution in [0, 0.1) is 5.92 Å². The Kier molecular flexibility index (Phi) is 3.66. The fourth-order valence-electron chi connectivity index (χ4n) is 2.34. The molecule has 0 spiro atoms. The standard InChI is InChI=1S/C16H16N4S/c1-11(15(17)21)10-20-14-7-3-2-6-13(14)19-16(20)12-5-4-8-18-9-12/h2-9,11H,10H2,1H3,(H2,17,21). The van der Waals surface area contributed by atoms with Gasteiger partial charge in [0.15, 0.2) is 0 Å². The zero-order chi connectivity index (χ0) is 14.8. The van der Waals surface area contributed by atoms with E-state index in [0.29, 0.717) is 11.5 Å². The molecule has 1 aromatic carbocycles. The molecule has 0 fully saturated rings. The van der Waals surface area contributed by atoms with Crippen LogP contribution in [0.4, 0.5) is 0 Å². The fourth-order valence-corrected chi connectivity index (χ4v) is 2.41. The number of para-hydroxylation sites is 2. The number of aromatic nitrogens is 3. The lowest BCUT2D eigenvalue weighted by molar-refractivity contribution is 0.617. The van der Waals surface area contributed by atoms with Gasteiger partial charge in [0.2, 0.25) is 0 Å². The Morgan fingerprint density at radius 3 is 2.81 bits per heavy atom. The van der Waals surface area contributed by atoms with E-state index in [0.717, 1.165) is 22.4 Å². The van der Waals surface area contributed by atoms with Crippen LogP contribution in [0.1, 0.15) is 6.92 Å². The van der Waals surface area contributed by atoms with E-state index in [4.69, 9.17) is 22.9 Å².